The Balaban J connectivity index is 3.07. The van der Waals surface area contributed by atoms with Gasteiger partial charge < -0.3 is 10.2 Å². The molecule has 0 radical (unpaired) electrons. The summed E-state index contributed by atoms with van der Waals surface area (Å²) in [5.74, 6) is -3.96. The molecule has 0 bridgehead atoms. The monoisotopic (exact) mass is 376 g/mol. The zero-order valence-electron chi connectivity index (χ0n) is 14.1. The van der Waals surface area contributed by atoms with Gasteiger partial charge >= 0.3 is 11.9 Å². The maximum Gasteiger partial charge on any atom is 0.317 e. The van der Waals surface area contributed by atoms with Crippen LogP contribution in [0.4, 0.5) is 0 Å². The number of rotatable bonds is 10. The van der Waals surface area contributed by atoms with Crippen molar-refractivity contribution < 1.29 is 39.8 Å². The smallest absolute Gasteiger partial charge is 0.317 e. The van der Waals surface area contributed by atoms with Gasteiger partial charge in [0.25, 0.3) is 11.8 Å². The van der Waals surface area contributed by atoms with E-state index in [9.17, 15) is 19.2 Å². The highest BCUT2D eigenvalue weighted by molar-refractivity contribution is 5.78. The van der Waals surface area contributed by atoms with E-state index in [4.69, 9.17) is 20.6 Å². The Labute approximate surface area is 149 Å². The van der Waals surface area contributed by atoms with Gasteiger partial charge in [-0.2, -0.15) is 0 Å². The molecule has 12 nitrogen and oxygen atoms in total. The number of nitrogens with one attached hydrogen (secondary N) is 2. The molecule has 0 saturated heterocycles. The summed E-state index contributed by atoms with van der Waals surface area (Å²) in [6, 6.07) is -1.02. The molecule has 0 aromatic rings. The molecule has 0 spiro atoms. The van der Waals surface area contributed by atoms with Crippen LogP contribution in [0.15, 0.2) is 0 Å². The lowest BCUT2D eigenvalue weighted by Gasteiger charge is -2.43. The van der Waals surface area contributed by atoms with E-state index >= 15 is 0 Å². The average molecular weight is 376 g/mol. The molecule has 6 N–H and O–H groups in total. The van der Waals surface area contributed by atoms with Crippen LogP contribution in [-0.2, 0) is 19.2 Å². The second kappa shape index (κ2) is 10.7. The highest BCUT2D eigenvalue weighted by atomic mass is 16.5. The molecule has 2 unspecified atom stereocenters. The minimum absolute atomic E-state index is 0.392. The van der Waals surface area contributed by atoms with Crippen LogP contribution in [-0.4, -0.2) is 92.4 Å². The van der Waals surface area contributed by atoms with Crippen LogP contribution in [0.25, 0.3) is 0 Å². The summed E-state index contributed by atoms with van der Waals surface area (Å²) in [4.78, 5) is 48.0. The Bertz CT molecular complexity index is 483. The van der Waals surface area contributed by atoms with Crippen LogP contribution >= 0.6 is 0 Å². The maximum absolute atomic E-state index is 11.5. The first-order valence-corrected chi connectivity index (χ1v) is 8.06. The molecule has 12 heteroatoms. The fraction of sp³-hybridized carbons (Fsp3) is 0.714. The van der Waals surface area contributed by atoms with E-state index in [0.717, 1.165) is 12.8 Å². The molecular formula is C14H24N4O8. The number of carboxylic acid groups (broad SMARTS) is 2. The largest absolute Gasteiger partial charge is 0.480 e. The molecule has 1 fully saturated rings. The van der Waals surface area contributed by atoms with Crippen molar-refractivity contribution >= 4 is 23.8 Å². The molecule has 0 aromatic carbocycles. The number of carbonyl (C=O) groups is 4. The molecule has 1 rings (SSSR count). The van der Waals surface area contributed by atoms with Gasteiger partial charge in [-0.1, -0.05) is 12.8 Å². The summed E-state index contributed by atoms with van der Waals surface area (Å²) >= 11 is 0. The number of amides is 2. The molecule has 2 atom stereocenters. The summed E-state index contributed by atoms with van der Waals surface area (Å²) in [5, 5.41) is 35.7. The zero-order valence-corrected chi connectivity index (χ0v) is 14.1. The summed E-state index contributed by atoms with van der Waals surface area (Å²) in [7, 11) is 0. The predicted molar refractivity (Wildman–Crippen MR) is 84.3 cm³/mol. The van der Waals surface area contributed by atoms with Crippen molar-refractivity contribution in [2.75, 3.05) is 26.2 Å². The SMILES string of the molecule is O=C(O)CN(CC(=O)NO)C1CCCCC1N(CC(=O)O)CC(=O)NO. The van der Waals surface area contributed by atoms with E-state index in [1.54, 1.807) is 0 Å². The van der Waals surface area contributed by atoms with Crippen molar-refractivity contribution in [1.29, 1.82) is 0 Å². The van der Waals surface area contributed by atoms with Gasteiger partial charge in [0.1, 0.15) is 0 Å². The van der Waals surface area contributed by atoms with Gasteiger partial charge in [-0.05, 0) is 12.8 Å². The fourth-order valence-electron chi connectivity index (χ4n) is 3.31. The number of hydrogen-bond donors (Lipinski definition) is 6. The molecule has 0 aromatic heterocycles. The van der Waals surface area contributed by atoms with E-state index in [1.807, 2.05) is 0 Å². The highest BCUT2D eigenvalue weighted by Crippen LogP contribution is 2.27. The quantitative estimate of drug-likeness (QED) is 0.186. The average Bonchev–Trinajstić information content (AvgIpc) is 2.59. The Morgan fingerprint density at radius 1 is 0.731 bits per heavy atom. The predicted octanol–water partition coefficient (Wildman–Crippen LogP) is -1.92. The number of carbonyl (C=O) groups excluding carboxylic acids is 2. The van der Waals surface area contributed by atoms with Crippen LogP contribution in [0.2, 0.25) is 0 Å². The van der Waals surface area contributed by atoms with Gasteiger partial charge in [0.2, 0.25) is 0 Å². The normalized spacial score (nSPS) is 20.0. The number of hydrogen-bond acceptors (Lipinski definition) is 8. The molecule has 1 saturated carbocycles. The number of hydroxylamine groups is 2. The second-order valence-electron chi connectivity index (χ2n) is 6.09. The fourth-order valence-corrected chi connectivity index (χ4v) is 3.31. The summed E-state index contributed by atoms with van der Waals surface area (Å²) in [5.41, 5.74) is 2.89. The van der Waals surface area contributed by atoms with Crippen LogP contribution in [0.5, 0.6) is 0 Å². The maximum atomic E-state index is 11.5. The minimum Gasteiger partial charge on any atom is -0.480 e. The lowest BCUT2D eigenvalue weighted by molar-refractivity contribution is -0.145. The summed E-state index contributed by atoms with van der Waals surface area (Å²) < 4.78 is 0. The van der Waals surface area contributed by atoms with E-state index in [1.165, 1.54) is 20.8 Å². The Morgan fingerprint density at radius 2 is 1.08 bits per heavy atom. The molecule has 148 valence electrons. The van der Waals surface area contributed by atoms with Crippen molar-refractivity contribution in [2.24, 2.45) is 0 Å². The number of nitrogens with zero attached hydrogens (tertiary/aromatic N) is 2. The Morgan fingerprint density at radius 3 is 1.35 bits per heavy atom. The van der Waals surface area contributed by atoms with Crippen LogP contribution in [0.3, 0.4) is 0 Å². The molecule has 1 aliphatic rings. The van der Waals surface area contributed by atoms with Crippen molar-refractivity contribution in [1.82, 2.24) is 20.8 Å². The number of carboxylic acids is 2. The van der Waals surface area contributed by atoms with Gasteiger partial charge in [0.15, 0.2) is 0 Å². The number of aliphatic carboxylic acids is 2. The van der Waals surface area contributed by atoms with Crippen molar-refractivity contribution in [3.8, 4) is 0 Å². The van der Waals surface area contributed by atoms with Crippen molar-refractivity contribution in [3.05, 3.63) is 0 Å². The van der Waals surface area contributed by atoms with Gasteiger partial charge in [-0.25, -0.2) is 11.0 Å². The van der Waals surface area contributed by atoms with E-state index in [0.29, 0.717) is 12.8 Å². The van der Waals surface area contributed by atoms with Crippen molar-refractivity contribution in [3.63, 3.8) is 0 Å². The lowest BCUT2D eigenvalue weighted by Crippen LogP contribution is -2.58. The first-order chi connectivity index (χ1) is 12.3. The topological polar surface area (TPSA) is 180 Å². The first kappa shape index (κ1) is 21.8. The summed E-state index contributed by atoms with van der Waals surface area (Å²) in [6.45, 7) is -1.75. The Kier molecular flexibility index (Phi) is 8.92. The molecular weight excluding hydrogens is 352 g/mol. The van der Waals surface area contributed by atoms with Gasteiger partial charge in [-0.3, -0.25) is 39.4 Å². The van der Waals surface area contributed by atoms with Crippen LogP contribution in [0, 0.1) is 0 Å². The third kappa shape index (κ3) is 6.92. The summed E-state index contributed by atoms with van der Waals surface area (Å²) in [6.07, 6.45) is 2.47. The van der Waals surface area contributed by atoms with Crippen LogP contribution < -0.4 is 11.0 Å². The van der Waals surface area contributed by atoms with Crippen molar-refractivity contribution in [2.45, 2.75) is 37.8 Å². The van der Waals surface area contributed by atoms with E-state index < -0.39 is 62.0 Å². The van der Waals surface area contributed by atoms with E-state index in [-0.39, 0.29) is 0 Å². The third-order valence-electron chi connectivity index (χ3n) is 4.25. The molecule has 1 aliphatic carbocycles. The van der Waals surface area contributed by atoms with Gasteiger partial charge in [0.05, 0.1) is 26.2 Å². The van der Waals surface area contributed by atoms with Crippen LogP contribution in [0.1, 0.15) is 25.7 Å². The highest BCUT2D eigenvalue weighted by Gasteiger charge is 2.37. The molecule has 0 heterocycles. The van der Waals surface area contributed by atoms with E-state index in [2.05, 4.69) is 0 Å². The van der Waals surface area contributed by atoms with Gasteiger partial charge in [0, 0.05) is 12.1 Å². The first-order valence-electron chi connectivity index (χ1n) is 8.06. The molecule has 2 amide bonds. The second-order valence-corrected chi connectivity index (χ2v) is 6.09. The standard InChI is InChI=1S/C14H24N4O8/c19-11(15-25)5-17(7-13(21)22)9-3-1-2-4-10(9)18(8-14(23)24)6-12(20)16-26/h9-10,25-26H,1-8H2,(H,15,19)(H,16,20)(H,21,22)(H,23,24). The molecule has 0 aliphatic heterocycles. The lowest BCUT2D eigenvalue weighted by atomic mass is 9.87. The Hall–Kier alpha value is -2.28. The van der Waals surface area contributed by atoms with Gasteiger partial charge in [-0.15, -0.1) is 0 Å². The minimum atomic E-state index is -1.18. The molecule has 26 heavy (non-hydrogen) atoms. The zero-order chi connectivity index (χ0) is 19.7. The third-order valence-corrected chi connectivity index (χ3v) is 4.25.